The molecule has 1 amide bonds. The van der Waals surface area contributed by atoms with Crippen LogP contribution in [0.4, 0.5) is 0 Å². The Labute approximate surface area is 154 Å². The normalized spacial score (nSPS) is 23.2. The van der Waals surface area contributed by atoms with E-state index in [0.717, 1.165) is 36.1 Å². The van der Waals surface area contributed by atoms with Crippen molar-refractivity contribution in [2.45, 2.75) is 31.8 Å². The summed E-state index contributed by atoms with van der Waals surface area (Å²) in [4.78, 5) is 15.3. The highest BCUT2D eigenvalue weighted by atomic mass is 16.5. The number of hydrogen-bond donors (Lipinski definition) is 1. The molecule has 138 valence electrons. The number of aromatic nitrogens is 2. The Bertz CT molecular complexity index is 812. The number of benzene rings is 1. The third-order valence-corrected chi connectivity index (χ3v) is 5.47. The van der Waals surface area contributed by atoms with Crippen molar-refractivity contribution in [3.63, 3.8) is 0 Å². The predicted octanol–water partition coefficient (Wildman–Crippen LogP) is 2.31. The van der Waals surface area contributed by atoms with E-state index in [2.05, 4.69) is 22.2 Å². The molecule has 1 N–H and O–H groups in total. The summed E-state index contributed by atoms with van der Waals surface area (Å²) in [6.07, 6.45) is 4.49. The van der Waals surface area contributed by atoms with Gasteiger partial charge in [0, 0.05) is 49.5 Å². The lowest BCUT2D eigenvalue weighted by Crippen LogP contribution is -2.40. The topological polar surface area (TPSA) is 59.4 Å². The van der Waals surface area contributed by atoms with Gasteiger partial charge in [-0.25, -0.2) is 0 Å². The van der Waals surface area contributed by atoms with Gasteiger partial charge in [0.05, 0.1) is 12.8 Å². The number of ether oxygens (including phenoxy) is 1. The summed E-state index contributed by atoms with van der Waals surface area (Å²) in [6, 6.07) is 8.41. The van der Waals surface area contributed by atoms with Gasteiger partial charge in [-0.05, 0) is 43.0 Å². The van der Waals surface area contributed by atoms with Crippen molar-refractivity contribution in [1.82, 2.24) is 20.0 Å². The number of hydrogen-bond acceptors (Lipinski definition) is 4. The fraction of sp³-hybridized carbons (Fsp3) is 0.500. The van der Waals surface area contributed by atoms with Crippen molar-refractivity contribution < 1.29 is 9.53 Å². The Hall–Kier alpha value is -2.34. The molecule has 1 aromatic carbocycles. The lowest BCUT2D eigenvalue weighted by molar-refractivity contribution is 0.0931. The van der Waals surface area contributed by atoms with Gasteiger partial charge in [-0.15, -0.1) is 0 Å². The molecular formula is C20H26N4O2. The average molecular weight is 354 g/mol. The Morgan fingerprint density at radius 2 is 2.08 bits per heavy atom. The predicted molar refractivity (Wildman–Crippen MR) is 100 cm³/mol. The lowest BCUT2D eigenvalue weighted by atomic mass is 10.0. The quantitative estimate of drug-likeness (QED) is 0.895. The van der Waals surface area contributed by atoms with Gasteiger partial charge in [0.2, 0.25) is 0 Å². The second kappa shape index (κ2) is 6.76. The van der Waals surface area contributed by atoms with Gasteiger partial charge in [0.1, 0.15) is 5.75 Å². The highest BCUT2D eigenvalue weighted by Crippen LogP contribution is 2.32. The fourth-order valence-electron chi connectivity index (χ4n) is 3.79. The van der Waals surface area contributed by atoms with Crippen LogP contribution in [-0.2, 0) is 7.05 Å². The molecule has 0 radical (unpaired) electrons. The number of methoxy groups -OCH3 is 1. The van der Waals surface area contributed by atoms with Crippen LogP contribution in [0.15, 0.2) is 30.5 Å². The third kappa shape index (κ3) is 3.33. The zero-order chi connectivity index (χ0) is 18.3. The summed E-state index contributed by atoms with van der Waals surface area (Å²) in [5, 5.41) is 7.67. The molecule has 2 heterocycles. The number of carbonyl (C=O) groups is 1. The third-order valence-electron chi connectivity index (χ3n) is 5.47. The summed E-state index contributed by atoms with van der Waals surface area (Å²) in [7, 11) is 3.51. The van der Waals surface area contributed by atoms with Crippen molar-refractivity contribution in [2.75, 3.05) is 20.2 Å². The molecule has 0 unspecified atom stereocenters. The standard InChI is InChI=1S/C20H26N4O2/c1-13-11-24(15-5-6-15)12-18(13)21-20(25)14-4-7-19(26-3)16(10-14)17-8-9-23(2)22-17/h4,7-10,13,15,18H,5-6,11-12H2,1-3H3,(H,21,25)/t13-,18-/m1/s1. The average Bonchev–Trinajstić information content (AvgIpc) is 3.31. The van der Waals surface area contributed by atoms with Gasteiger partial charge in [0.25, 0.3) is 5.91 Å². The highest BCUT2D eigenvalue weighted by Gasteiger charge is 2.38. The van der Waals surface area contributed by atoms with E-state index >= 15 is 0 Å². The molecule has 4 rings (SSSR count). The van der Waals surface area contributed by atoms with Gasteiger partial charge in [0.15, 0.2) is 0 Å². The van der Waals surface area contributed by atoms with Crippen molar-refractivity contribution in [1.29, 1.82) is 0 Å². The van der Waals surface area contributed by atoms with Crippen molar-refractivity contribution in [3.05, 3.63) is 36.0 Å². The van der Waals surface area contributed by atoms with E-state index in [1.54, 1.807) is 11.8 Å². The molecule has 2 fully saturated rings. The van der Waals surface area contributed by atoms with Crippen LogP contribution in [0.25, 0.3) is 11.3 Å². The Morgan fingerprint density at radius 1 is 1.27 bits per heavy atom. The molecule has 0 bridgehead atoms. The van der Waals surface area contributed by atoms with Gasteiger partial charge in [-0.2, -0.15) is 5.10 Å². The number of aryl methyl sites for hydroxylation is 1. The van der Waals surface area contributed by atoms with Crippen LogP contribution < -0.4 is 10.1 Å². The minimum Gasteiger partial charge on any atom is -0.496 e. The van der Waals surface area contributed by atoms with Crippen molar-refractivity contribution in [2.24, 2.45) is 13.0 Å². The smallest absolute Gasteiger partial charge is 0.251 e. The Balaban J connectivity index is 1.52. The molecule has 1 saturated heterocycles. The number of nitrogens with one attached hydrogen (secondary N) is 1. The van der Waals surface area contributed by atoms with E-state index in [4.69, 9.17) is 4.74 Å². The molecule has 6 heteroatoms. The first-order valence-corrected chi connectivity index (χ1v) is 9.28. The van der Waals surface area contributed by atoms with Crippen LogP contribution >= 0.6 is 0 Å². The maximum Gasteiger partial charge on any atom is 0.251 e. The van der Waals surface area contributed by atoms with Crippen LogP contribution in [-0.4, -0.2) is 52.9 Å². The minimum absolute atomic E-state index is 0.0284. The Morgan fingerprint density at radius 3 is 2.73 bits per heavy atom. The first kappa shape index (κ1) is 17.1. The SMILES string of the molecule is COc1ccc(C(=O)N[C@@H]2CN(C3CC3)C[C@H]2C)cc1-c1ccn(C)n1. The number of nitrogens with zero attached hydrogens (tertiary/aromatic N) is 3. The van der Waals surface area contributed by atoms with Gasteiger partial charge >= 0.3 is 0 Å². The summed E-state index contributed by atoms with van der Waals surface area (Å²) >= 11 is 0. The molecule has 2 atom stereocenters. The summed E-state index contributed by atoms with van der Waals surface area (Å²) in [5.41, 5.74) is 2.27. The molecule has 1 aliphatic heterocycles. The van der Waals surface area contributed by atoms with Crippen LogP contribution in [0.3, 0.4) is 0 Å². The zero-order valence-electron chi connectivity index (χ0n) is 15.6. The molecule has 1 saturated carbocycles. The molecule has 1 aromatic heterocycles. The van der Waals surface area contributed by atoms with Gasteiger partial charge in [-0.1, -0.05) is 6.92 Å². The first-order valence-electron chi connectivity index (χ1n) is 9.28. The van der Waals surface area contributed by atoms with E-state index in [1.807, 2.05) is 37.5 Å². The van der Waals surface area contributed by atoms with Crippen LogP contribution in [0, 0.1) is 5.92 Å². The van der Waals surface area contributed by atoms with E-state index in [-0.39, 0.29) is 11.9 Å². The number of carbonyl (C=O) groups excluding carboxylic acids is 1. The first-order chi connectivity index (χ1) is 12.5. The zero-order valence-corrected chi connectivity index (χ0v) is 15.6. The second-order valence-electron chi connectivity index (χ2n) is 7.53. The lowest BCUT2D eigenvalue weighted by Gasteiger charge is -2.17. The van der Waals surface area contributed by atoms with E-state index < -0.39 is 0 Å². The van der Waals surface area contributed by atoms with Gasteiger partial charge < -0.3 is 10.1 Å². The van der Waals surface area contributed by atoms with Crippen LogP contribution in [0.5, 0.6) is 5.75 Å². The molecular weight excluding hydrogens is 328 g/mol. The molecule has 2 aromatic rings. The summed E-state index contributed by atoms with van der Waals surface area (Å²) in [6.45, 7) is 4.26. The van der Waals surface area contributed by atoms with Crippen molar-refractivity contribution in [3.8, 4) is 17.0 Å². The molecule has 26 heavy (non-hydrogen) atoms. The molecule has 2 aliphatic rings. The maximum absolute atomic E-state index is 12.8. The number of amides is 1. The van der Waals surface area contributed by atoms with Crippen LogP contribution in [0.1, 0.15) is 30.1 Å². The summed E-state index contributed by atoms with van der Waals surface area (Å²) < 4.78 is 7.20. The van der Waals surface area contributed by atoms with E-state index in [9.17, 15) is 4.79 Å². The van der Waals surface area contributed by atoms with Crippen LogP contribution in [0.2, 0.25) is 0 Å². The van der Waals surface area contributed by atoms with E-state index in [0.29, 0.717) is 11.5 Å². The molecule has 0 spiro atoms. The van der Waals surface area contributed by atoms with Gasteiger partial charge in [-0.3, -0.25) is 14.4 Å². The largest absolute Gasteiger partial charge is 0.496 e. The Kier molecular flexibility index (Phi) is 4.44. The van der Waals surface area contributed by atoms with Crippen molar-refractivity contribution >= 4 is 5.91 Å². The fourth-order valence-corrected chi connectivity index (χ4v) is 3.79. The molecule has 6 nitrogen and oxygen atoms in total. The highest BCUT2D eigenvalue weighted by molar-refractivity contribution is 5.96. The number of likely N-dealkylation sites (tertiary alicyclic amines) is 1. The monoisotopic (exact) mass is 354 g/mol. The second-order valence-corrected chi connectivity index (χ2v) is 7.53. The minimum atomic E-state index is -0.0284. The summed E-state index contributed by atoms with van der Waals surface area (Å²) in [5.74, 6) is 1.17. The number of rotatable bonds is 5. The maximum atomic E-state index is 12.8. The molecule has 1 aliphatic carbocycles. The van der Waals surface area contributed by atoms with E-state index in [1.165, 1.54) is 12.8 Å².